The molecular weight excluding hydrogens is 304 g/mol. The lowest BCUT2D eigenvalue weighted by Crippen LogP contribution is -2.30. The Balaban J connectivity index is 2.94. The third-order valence-corrected chi connectivity index (χ3v) is 2.97. The van der Waals surface area contributed by atoms with Crippen LogP contribution in [0.4, 0.5) is 5.69 Å². The first-order chi connectivity index (χ1) is 11.1. The molecule has 0 saturated heterocycles. The van der Waals surface area contributed by atoms with E-state index in [1.807, 2.05) is 0 Å². The Labute approximate surface area is 135 Å². The third-order valence-electron chi connectivity index (χ3n) is 2.97. The largest absolute Gasteiger partial charge is 0.493 e. The Bertz CT molecular complexity index is 547. The van der Waals surface area contributed by atoms with Gasteiger partial charge in [-0.2, -0.15) is 0 Å². The molecule has 0 saturated carbocycles. The average molecular weight is 326 g/mol. The average Bonchev–Trinajstić information content (AvgIpc) is 2.57. The number of amides is 1. The molecule has 0 heterocycles. The van der Waals surface area contributed by atoms with E-state index in [0.717, 1.165) is 0 Å². The van der Waals surface area contributed by atoms with Crippen LogP contribution in [0.5, 0.6) is 11.5 Å². The molecule has 0 radical (unpaired) electrons. The Morgan fingerprint density at radius 2 is 1.70 bits per heavy atom. The summed E-state index contributed by atoms with van der Waals surface area (Å²) in [5.74, 6) is -0.140. The zero-order chi connectivity index (χ0) is 17.2. The van der Waals surface area contributed by atoms with Crippen molar-refractivity contribution in [2.24, 2.45) is 0 Å². The van der Waals surface area contributed by atoms with Crippen LogP contribution in [0.25, 0.3) is 0 Å². The van der Waals surface area contributed by atoms with E-state index in [0.29, 0.717) is 24.7 Å². The monoisotopic (exact) mass is 326 g/mol. The van der Waals surface area contributed by atoms with Crippen molar-refractivity contribution in [3.8, 4) is 11.5 Å². The summed E-state index contributed by atoms with van der Waals surface area (Å²) < 4.78 is 19.9. The molecule has 0 spiro atoms. The quantitative estimate of drug-likeness (QED) is 0.508. The lowest BCUT2D eigenvalue weighted by Gasteiger charge is -2.14. The second-order valence-electron chi connectivity index (χ2n) is 4.46. The van der Waals surface area contributed by atoms with Crippen LogP contribution in [0.1, 0.15) is 10.4 Å². The van der Waals surface area contributed by atoms with Gasteiger partial charge in [0.05, 0.1) is 45.7 Å². The summed E-state index contributed by atoms with van der Waals surface area (Å²) in [5.41, 5.74) is 0.462. The molecule has 0 aromatic heterocycles. The third kappa shape index (κ3) is 5.42. The molecular formula is C15H22N2O6. The maximum Gasteiger partial charge on any atom is 0.340 e. The minimum atomic E-state index is -0.589. The van der Waals surface area contributed by atoms with Crippen molar-refractivity contribution >= 4 is 17.6 Å². The molecule has 0 bridgehead atoms. The number of nitrogens with one attached hydrogen (secondary N) is 2. The SMILES string of the molecule is COCCNCC(=O)Nc1cc(OC)c(OC)cc1C(=O)OC. The summed E-state index contributed by atoms with van der Waals surface area (Å²) in [6.45, 7) is 1.12. The highest BCUT2D eigenvalue weighted by atomic mass is 16.5. The van der Waals surface area contributed by atoms with Crippen molar-refractivity contribution in [3.05, 3.63) is 17.7 Å². The minimum Gasteiger partial charge on any atom is -0.493 e. The van der Waals surface area contributed by atoms with Crippen LogP contribution in [0, 0.1) is 0 Å². The van der Waals surface area contributed by atoms with Gasteiger partial charge < -0.3 is 29.6 Å². The Morgan fingerprint density at radius 1 is 1.04 bits per heavy atom. The van der Waals surface area contributed by atoms with Crippen LogP contribution < -0.4 is 20.1 Å². The highest BCUT2D eigenvalue weighted by Gasteiger charge is 2.18. The summed E-state index contributed by atoms with van der Waals surface area (Å²) in [5, 5.41) is 5.56. The maximum absolute atomic E-state index is 12.0. The van der Waals surface area contributed by atoms with Crippen molar-refractivity contribution in [2.45, 2.75) is 0 Å². The van der Waals surface area contributed by atoms with Crippen LogP contribution in [0.2, 0.25) is 0 Å². The molecule has 8 heteroatoms. The predicted octanol–water partition coefficient (Wildman–Crippen LogP) is 0.665. The van der Waals surface area contributed by atoms with Crippen molar-refractivity contribution in [3.63, 3.8) is 0 Å². The minimum absolute atomic E-state index is 0.0817. The topological polar surface area (TPSA) is 95.1 Å². The molecule has 2 N–H and O–H groups in total. The molecule has 1 aromatic rings. The van der Waals surface area contributed by atoms with Crippen LogP contribution in [-0.4, -0.2) is 60.0 Å². The highest BCUT2D eigenvalue weighted by Crippen LogP contribution is 2.33. The van der Waals surface area contributed by atoms with Crippen LogP contribution in [-0.2, 0) is 14.3 Å². The maximum atomic E-state index is 12.0. The van der Waals surface area contributed by atoms with Crippen LogP contribution in [0.15, 0.2) is 12.1 Å². The summed E-state index contributed by atoms with van der Waals surface area (Å²) in [6.07, 6.45) is 0. The molecule has 0 aliphatic heterocycles. The molecule has 0 atom stereocenters. The fourth-order valence-corrected chi connectivity index (χ4v) is 1.83. The normalized spacial score (nSPS) is 10.1. The van der Waals surface area contributed by atoms with Gasteiger partial charge in [-0.3, -0.25) is 4.79 Å². The molecule has 1 aromatic carbocycles. The number of carbonyl (C=O) groups is 2. The lowest BCUT2D eigenvalue weighted by atomic mass is 10.1. The van der Waals surface area contributed by atoms with Crippen molar-refractivity contribution in [1.82, 2.24) is 5.32 Å². The molecule has 0 unspecified atom stereocenters. The van der Waals surface area contributed by atoms with Crippen LogP contribution in [0.3, 0.4) is 0 Å². The number of rotatable bonds is 9. The van der Waals surface area contributed by atoms with E-state index in [-0.39, 0.29) is 23.7 Å². The van der Waals surface area contributed by atoms with E-state index < -0.39 is 5.97 Å². The van der Waals surface area contributed by atoms with E-state index in [9.17, 15) is 9.59 Å². The van der Waals surface area contributed by atoms with Gasteiger partial charge in [-0.25, -0.2) is 4.79 Å². The number of ether oxygens (including phenoxy) is 4. The Morgan fingerprint density at radius 3 is 2.26 bits per heavy atom. The summed E-state index contributed by atoms with van der Waals surface area (Å²) in [4.78, 5) is 23.8. The van der Waals surface area contributed by atoms with Crippen LogP contribution >= 0.6 is 0 Å². The molecule has 0 fully saturated rings. The van der Waals surface area contributed by atoms with Gasteiger partial charge in [-0.05, 0) is 0 Å². The molecule has 1 rings (SSSR count). The van der Waals surface area contributed by atoms with Gasteiger partial charge in [0.1, 0.15) is 0 Å². The van der Waals surface area contributed by atoms with E-state index in [1.54, 1.807) is 7.11 Å². The molecule has 8 nitrogen and oxygen atoms in total. The first-order valence-corrected chi connectivity index (χ1v) is 6.91. The zero-order valence-electron chi connectivity index (χ0n) is 13.7. The van der Waals surface area contributed by atoms with Gasteiger partial charge in [-0.15, -0.1) is 0 Å². The second kappa shape index (κ2) is 9.65. The first kappa shape index (κ1) is 18.7. The number of carbonyl (C=O) groups excluding carboxylic acids is 2. The number of anilines is 1. The molecule has 23 heavy (non-hydrogen) atoms. The number of hydrogen-bond acceptors (Lipinski definition) is 7. The van der Waals surface area contributed by atoms with Gasteiger partial charge in [0, 0.05) is 25.8 Å². The van der Waals surface area contributed by atoms with E-state index in [4.69, 9.17) is 18.9 Å². The Kier molecular flexibility index (Phi) is 7.86. The number of esters is 1. The lowest BCUT2D eigenvalue weighted by molar-refractivity contribution is -0.115. The predicted molar refractivity (Wildman–Crippen MR) is 84.3 cm³/mol. The summed E-state index contributed by atoms with van der Waals surface area (Å²) in [7, 11) is 5.76. The van der Waals surface area contributed by atoms with Crippen molar-refractivity contribution in [2.75, 3.05) is 53.5 Å². The highest BCUT2D eigenvalue weighted by molar-refractivity contribution is 6.02. The van der Waals surface area contributed by atoms with Gasteiger partial charge >= 0.3 is 5.97 Å². The fraction of sp³-hybridized carbons (Fsp3) is 0.467. The number of benzene rings is 1. The van der Waals surface area contributed by atoms with E-state index in [2.05, 4.69) is 10.6 Å². The number of hydrogen-bond donors (Lipinski definition) is 2. The summed E-state index contributed by atoms with van der Waals surface area (Å²) >= 11 is 0. The van der Waals surface area contributed by atoms with Gasteiger partial charge in [0.15, 0.2) is 11.5 Å². The summed E-state index contributed by atoms with van der Waals surface area (Å²) in [6, 6.07) is 2.97. The van der Waals surface area contributed by atoms with Crippen molar-refractivity contribution in [1.29, 1.82) is 0 Å². The molecule has 0 aliphatic carbocycles. The standard InChI is InChI=1S/C15H22N2O6/c1-20-6-5-16-9-14(18)17-11-8-13(22-3)12(21-2)7-10(11)15(19)23-4/h7-8,16H,5-6,9H2,1-4H3,(H,17,18). The second-order valence-corrected chi connectivity index (χ2v) is 4.46. The fourth-order valence-electron chi connectivity index (χ4n) is 1.83. The number of methoxy groups -OCH3 is 4. The Hall–Kier alpha value is -2.32. The smallest absolute Gasteiger partial charge is 0.340 e. The van der Waals surface area contributed by atoms with E-state index in [1.165, 1.54) is 33.5 Å². The molecule has 128 valence electrons. The van der Waals surface area contributed by atoms with Crippen molar-refractivity contribution < 1.29 is 28.5 Å². The molecule has 0 aliphatic rings. The zero-order valence-corrected chi connectivity index (χ0v) is 13.7. The van der Waals surface area contributed by atoms with Gasteiger partial charge in [0.2, 0.25) is 5.91 Å². The molecule has 1 amide bonds. The van der Waals surface area contributed by atoms with E-state index >= 15 is 0 Å². The first-order valence-electron chi connectivity index (χ1n) is 6.91. The van der Waals surface area contributed by atoms with Gasteiger partial charge in [0.25, 0.3) is 0 Å². The van der Waals surface area contributed by atoms with Gasteiger partial charge in [-0.1, -0.05) is 0 Å².